The third-order valence-electron chi connectivity index (χ3n) is 9.55. The molecule has 4 aromatic carbocycles. The first-order chi connectivity index (χ1) is 22.2. The molecule has 0 aliphatic carbocycles. The van der Waals surface area contributed by atoms with Crippen molar-refractivity contribution < 1.29 is 29.3 Å². The van der Waals surface area contributed by atoms with E-state index in [9.17, 15) is 19.8 Å². The monoisotopic (exact) mass is 620 g/mol. The molecule has 2 aliphatic rings. The molecule has 0 saturated carbocycles. The van der Waals surface area contributed by atoms with Gasteiger partial charge in [0.2, 0.25) is 0 Å². The molecule has 2 N–H and O–H groups in total. The van der Waals surface area contributed by atoms with E-state index in [0.717, 1.165) is 56.0 Å². The van der Waals surface area contributed by atoms with Gasteiger partial charge in [0.15, 0.2) is 0 Å². The van der Waals surface area contributed by atoms with Crippen LogP contribution >= 0.6 is 0 Å². The SMILES string of the molecule is COc1cc(-c2cccc(-c3cccc(-c4ccc(CN5CC(C(=O)O)C5)c(OC)c4)c3C)c2C)ccc1CN1CC(C(=O)O)C1. The van der Waals surface area contributed by atoms with Gasteiger partial charge in [-0.25, -0.2) is 0 Å². The fourth-order valence-electron chi connectivity index (χ4n) is 6.76. The number of benzene rings is 4. The minimum Gasteiger partial charge on any atom is -0.496 e. The lowest BCUT2D eigenvalue weighted by Gasteiger charge is -2.36. The van der Waals surface area contributed by atoms with E-state index in [2.05, 4.69) is 96.4 Å². The smallest absolute Gasteiger partial charge is 0.309 e. The van der Waals surface area contributed by atoms with E-state index in [1.165, 1.54) is 11.1 Å². The second kappa shape index (κ2) is 13.0. The van der Waals surface area contributed by atoms with Crippen LogP contribution in [-0.4, -0.2) is 72.4 Å². The first kappa shape index (κ1) is 31.3. The largest absolute Gasteiger partial charge is 0.496 e. The molecule has 2 saturated heterocycles. The Bertz CT molecular complexity index is 1660. The summed E-state index contributed by atoms with van der Waals surface area (Å²) in [5, 5.41) is 18.4. The van der Waals surface area contributed by atoms with E-state index in [1.807, 2.05) is 0 Å². The lowest BCUT2D eigenvalue weighted by molar-refractivity contribution is -0.148. The first-order valence-electron chi connectivity index (χ1n) is 15.6. The molecular formula is C38H40N2O6. The van der Waals surface area contributed by atoms with Gasteiger partial charge < -0.3 is 19.7 Å². The highest BCUT2D eigenvalue weighted by Gasteiger charge is 2.33. The molecule has 0 aromatic heterocycles. The van der Waals surface area contributed by atoms with Crippen LogP contribution in [0.1, 0.15) is 22.3 Å². The van der Waals surface area contributed by atoms with Crippen LogP contribution in [0, 0.1) is 25.7 Å². The van der Waals surface area contributed by atoms with Gasteiger partial charge in [0.05, 0.1) is 26.1 Å². The molecule has 2 aliphatic heterocycles. The molecule has 0 radical (unpaired) electrons. The van der Waals surface area contributed by atoms with Crippen molar-refractivity contribution in [1.29, 1.82) is 0 Å². The number of carboxylic acid groups (broad SMARTS) is 2. The number of hydrogen-bond donors (Lipinski definition) is 2. The highest BCUT2D eigenvalue weighted by Crippen LogP contribution is 2.39. The Kier molecular flexibility index (Phi) is 8.84. The third-order valence-corrected chi connectivity index (χ3v) is 9.55. The van der Waals surface area contributed by atoms with Gasteiger partial charge in [0.1, 0.15) is 11.5 Å². The van der Waals surface area contributed by atoms with Crippen molar-refractivity contribution in [3.63, 3.8) is 0 Å². The maximum atomic E-state index is 11.2. The molecule has 0 atom stereocenters. The molecule has 0 unspecified atom stereocenters. The maximum absolute atomic E-state index is 11.2. The van der Waals surface area contributed by atoms with Crippen LogP contribution in [0.25, 0.3) is 33.4 Å². The molecule has 0 amide bonds. The lowest BCUT2D eigenvalue weighted by atomic mass is 9.87. The molecular weight excluding hydrogens is 580 g/mol. The molecule has 8 nitrogen and oxygen atoms in total. The lowest BCUT2D eigenvalue weighted by Crippen LogP contribution is -2.49. The first-order valence-corrected chi connectivity index (χ1v) is 15.6. The molecule has 46 heavy (non-hydrogen) atoms. The van der Waals surface area contributed by atoms with E-state index in [0.29, 0.717) is 39.3 Å². The zero-order valence-corrected chi connectivity index (χ0v) is 26.7. The standard InChI is InChI=1S/C38H40N2O6/c1-23-31(25-11-13-27(35(15-25)45-3)17-39-19-29(20-39)37(41)42)7-5-9-33(23)34-10-6-8-32(24(34)2)26-12-14-28(36(16-26)46-4)18-40-21-30(22-40)38(43)44/h5-16,29-30H,17-22H2,1-4H3,(H,41,42)(H,43,44). The van der Waals surface area contributed by atoms with Gasteiger partial charge in [0.25, 0.3) is 0 Å². The van der Waals surface area contributed by atoms with Gasteiger partial charge in [-0.1, -0.05) is 60.7 Å². The normalized spacial score (nSPS) is 15.7. The summed E-state index contributed by atoms with van der Waals surface area (Å²) in [6.07, 6.45) is 0. The summed E-state index contributed by atoms with van der Waals surface area (Å²) < 4.78 is 11.6. The van der Waals surface area contributed by atoms with Gasteiger partial charge in [-0.3, -0.25) is 19.4 Å². The van der Waals surface area contributed by atoms with Crippen LogP contribution in [-0.2, 0) is 22.7 Å². The zero-order valence-electron chi connectivity index (χ0n) is 26.7. The quantitative estimate of drug-likeness (QED) is 0.200. The summed E-state index contributed by atoms with van der Waals surface area (Å²) in [5.41, 5.74) is 11.2. The Balaban J connectivity index is 1.25. The molecule has 8 heteroatoms. The Morgan fingerprint density at radius 2 is 1.00 bits per heavy atom. The van der Waals surface area contributed by atoms with Crippen LogP contribution in [0.4, 0.5) is 0 Å². The molecule has 238 valence electrons. The number of likely N-dealkylation sites (tertiary alicyclic amines) is 2. The summed E-state index contributed by atoms with van der Waals surface area (Å²) >= 11 is 0. The number of hydrogen-bond acceptors (Lipinski definition) is 6. The summed E-state index contributed by atoms with van der Waals surface area (Å²) in [7, 11) is 3.36. The van der Waals surface area contributed by atoms with Crippen molar-refractivity contribution in [1.82, 2.24) is 9.80 Å². The molecule has 0 bridgehead atoms. The minimum atomic E-state index is -0.733. The Labute approximate surface area is 269 Å². The van der Waals surface area contributed by atoms with Crippen molar-refractivity contribution in [3.05, 3.63) is 95.1 Å². The summed E-state index contributed by atoms with van der Waals surface area (Å²) in [5.74, 6) is -0.444. The molecule has 2 fully saturated rings. The zero-order chi connectivity index (χ0) is 32.5. The predicted octanol–water partition coefficient (Wildman–Crippen LogP) is 6.35. The van der Waals surface area contributed by atoms with Crippen LogP contribution < -0.4 is 9.47 Å². The van der Waals surface area contributed by atoms with E-state index in [-0.39, 0.29) is 11.8 Å². The van der Waals surface area contributed by atoms with Gasteiger partial charge in [0, 0.05) is 50.4 Å². The third kappa shape index (κ3) is 6.10. The second-order valence-corrected chi connectivity index (χ2v) is 12.5. The van der Waals surface area contributed by atoms with Gasteiger partial charge >= 0.3 is 11.9 Å². The highest BCUT2D eigenvalue weighted by atomic mass is 16.5. The van der Waals surface area contributed by atoms with Crippen molar-refractivity contribution in [2.24, 2.45) is 11.8 Å². The fraction of sp³-hybridized carbons (Fsp3) is 0.316. The number of methoxy groups -OCH3 is 2. The van der Waals surface area contributed by atoms with Crippen LogP contribution in [0.15, 0.2) is 72.8 Å². The average Bonchev–Trinajstić information content (AvgIpc) is 3.00. The van der Waals surface area contributed by atoms with Crippen molar-refractivity contribution in [2.45, 2.75) is 26.9 Å². The van der Waals surface area contributed by atoms with Crippen LogP contribution in [0.2, 0.25) is 0 Å². The number of aliphatic carboxylic acids is 2. The summed E-state index contributed by atoms with van der Waals surface area (Å²) in [6.45, 7) is 7.88. The van der Waals surface area contributed by atoms with Crippen molar-refractivity contribution in [2.75, 3.05) is 40.4 Å². The number of rotatable bonds is 11. The molecule has 6 rings (SSSR count). The van der Waals surface area contributed by atoms with Gasteiger partial charge in [-0.05, 0) is 70.5 Å². The van der Waals surface area contributed by atoms with Crippen molar-refractivity contribution in [3.8, 4) is 44.9 Å². The fourth-order valence-corrected chi connectivity index (χ4v) is 6.76. The van der Waals surface area contributed by atoms with Gasteiger partial charge in [-0.15, -0.1) is 0 Å². The summed E-state index contributed by atoms with van der Waals surface area (Å²) in [4.78, 5) is 26.7. The van der Waals surface area contributed by atoms with Crippen LogP contribution in [0.3, 0.4) is 0 Å². The Morgan fingerprint density at radius 3 is 1.35 bits per heavy atom. The molecule has 4 aromatic rings. The van der Waals surface area contributed by atoms with E-state index in [4.69, 9.17) is 9.47 Å². The van der Waals surface area contributed by atoms with Crippen molar-refractivity contribution >= 4 is 11.9 Å². The van der Waals surface area contributed by atoms with E-state index in [1.54, 1.807) is 14.2 Å². The average molecular weight is 621 g/mol. The molecule has 2 heterocycles. The summed E-state index contributed by atoms with van der Waals surface area (Å²) in [6, 6.07) is 25.4. The maximum Gasteiger partial charge on any atom is 0.309 e. The molecule has 0 spiro atoms. The second-order valence-electron chi connectivity index (χ2n) is 12.5. The topological polar surface area (TPSA) is 99.5 Å². The predicted molar refractivity (Wildman–Crippen MR) is 178 cm³/mol. The number of nitrogens with zero attached hydrogens (tertiary/aromatic N) is 2. The van der Waals surface area contributed by atoms with E-state index >= 15 is 0 Å². The Morgan fingerprint density at radius 1 is 0.630 bits per heavy atom. The van der Waals surface area contributed by atoms with E-state index < -0.39 is 11.9 Å². The highest BCUT2D eigenvalue weighted by molar-refractivity contribution is 5.84. The Hall–Kier alpha value is -4.66. The number of carbonyl (C=O) groups is 2. The van der Waals surface area contributed by atoms with Gasteiger partial charge in [-0.2, -0.15) is 0 Å². The number of carboxylic acids is 2. The van der Waals surface area contributed by atoms with Crippen LogP contribution in [0.5, 0.6) is 11.5 Å². The minimum absolute atomic E-state index is 0.288. The number of ether oxygens (including phenoxy) is 2.